The van der Waals surface area contributed by atoms with Crippen molar-refractivity contribution in [1.82, 2.24) is 10.2 Å². The van der Waals surface area contributed by atoms with Crippen LogP contribution >= 0.6 is 0 Å². The fourth-order valence-corrected chi connectivity index (χ4v) is 2.76. The number of hydrogen-bond donors (Lipinski definition) is 2. The van der Waals surface area contributed by atoms with E-state index >= 15 is 0 Å². The van der Waals surface area contributed by atoms with Gasteiger partial charge in [-0.3, -0.25) is 9.69 Å². The molecule has 0 aromatic heterocycles. The van der Waals surface area contributed by atoms with Crippen LogP contribution in [0.2, 0.25) is 0 Å². The van der Waals surface area contributed by atoms with Gasteiger partial charge < -0.3 is 20.5 Å². The number of morpholine rings is 1. The zero-order valence-corrected chi connectivity index (χ0v) is 17.0. The summed E-state index contributed by atoms with van der Waals surface area (Å²) in [5, 5.41) is 2.59. The van der Waals surface area contributed by atoms with Gasteiger partial charge in [0.05, 0.1) is 26.4 Å². The van der Waals surface area contributed by atoms with Crippen molar-refractivity contribution < 1.29 is 19.1 Å². The van der Waals surface area contributed by atoms with E-state index in [4.69, 9.17) is 10.5 Å². The van der Waals surface area contributed by atoms with Crippen molar-refractivity contribution in [3.63, 3.8) is 0 Å². The van der Waals surface area contributed by atoms with E-state index in [-0.39, 0.29) is 6.04 Å². The van der Waals surface area contributed by atoms with Gasteiger partial charge in [-0.15, -0.1) is 0 Å². The molecule has 29 heavy (non-hydrogen) atoms. The molecule has 3 N–H and O–H groups in total. The van der Waals surface area contributed by atoms with Crippen LogP contribution in [0.4, 0.5) is 0 Å². The van der Waals surface area contributed by atoms with Gasteiger partial charge >= 0.3 is 5.97 Å². The molecule has 0 aliphatic carbocycles. The van der Waals surface area contributed by atoms with Gasteiger partial charge in [0.15, 0.2) is 0 Å². The quantitative estimate of drug-likeness (QED) is 0.551. The number of nitrogens with one attached hydrogen (secondary N) is 1. The van der Waals surface area contributed by atoms with Crippen molar-refractivity contribution in [2.45, 2.75) is 32.0 Å². The number of carbonyl (C=O) groups excluding carboxylic acids is 2. The molecule has 1 amide bonds. The summed E-state index contributed by atoms with van der Waals surface area (Å²) < 4.78 is 10.0. The van der Waals surface area contributed by atoms with Gasteiger partial charge in [0.25, 0.3) is 5.91 Å². The first kappa shape index (κ1) is 22.4. The lowest BCUT2D eigenvalue weighted by molar-refractivity contribution is -0.143. The van der Waals surface area contributed by atoms with Gasteiger partial charge in [0.1, 0.15) is 6.04 Å². The molecule has 1 unspecified atom stereocenters. The van der Waals surface area contributed by atoms with Gasteiger partial charge in [-0.2, -0.15) is 0 Å². The summed E-state index contributed by atoms with van der Waals surface area (Å²) in [4.78, 5) is 26.3. The fourth-order valence-electron chi connectivity index (χ4n) is 2.76. The summed E-state index contributed by atoms with van der Waals surface area (Å²) in [6.07, 6.45) is 0. The highest BCUT2D eigenvalue weighted by molar-refractivity contribution is 5.97. The minimum atomic E-state index is -0.907. The third-order valence-corrected chi connectivity index (χ3v) is 4.56. The summed E-state index contributed by atoms with van der Waals surface area (Å²) in [5.41, 5.74) is 6.89. The Morgan fingerprint density at radius 1 is 1.17 bits per heavy atom. The fraction of sp³-hybridized carbons (Fsp3) is 0.455. The predicted molar refractivity (Wildman–Crippen MR) is 110 cm³/mol. The topological polar surface area (TPSA) is 93.9 Å². The molecule has 2 rings (SSSR count). The largest absolute Gasteiger partial charge is 0.467 e. The van der Waals surface area contributed by atoms with E-state index in [1.165, 1.54) is 7.11 Å². The summed E-state index contributed by atoms with van der Waals surface area (Å²) in [6, 6.07) is 5.39. The molecule has 7 nitrogen and oxygen atoms in total. The normalized spacial score (nSPS) is 16.8. The maximum atomic E-state index is 12.3. The van der Waals surface area contributed by atoms with Crippen molar-refractivity contribution >= 4 is 11.9 Å². The Labute approximate surface area is 171 Å². The Kier molecular flexibility index (Phi) is 8.69. The van der Waals surface area contributed by atoms with Gasteiger partial charge in [0, 0.05) is 30.3 Å². The molecular weight excluding hydrogens is 370 g/mol. The number of esters is 1. The summed E-state index contributed by atoms with van der Waals surface area (Å²) in [5.74, 6) is 10.8. The Balaban J connectivity index is 1.95. The number of rotatable bonds is 5. The van der Waals surface area contributed by atoms with Gasteiger partial charge in [-0.25, -0.2) is 4.79 Å². The molecule has 7 heteroatoms. The second-order valence-electron chi connectivity index (χ2n) is 6.75. The number of hydrogen-bond acceptors (Lipinski definition) is 6. The van der Waals surface area contributed by atoms with E-state index in [9.17, 15) is 9.59 Å². The SMILES string of the molecule is COC(=O)[C@@H](NC(=O)c1ccc(C#CC#CC(C)N2CCOCC2)cc1)[C@@H](C)N. The van der Waals surface area contributed by atoms with Crippen molar-refractivity contribution in [3.8, 4) is 23.7 Å². The van der Waals surface area contributed by atoms with E-state index in [1.54, 1.807) is 31.2 Å². The number of amides is 1. The molecule has 1 aliphatic rings. The van der Waals surface area contributed by atoms with Crippen molar-refractivity contribution in [3.05, 3.63) is 35.4 Å². The molecular formula is C22H27N3O4. The summed E-state index contributed by atoms with van der Waals surface area (Å²) in [7, 11) is 1.25. The second-order valence-corrected chi connectivity index (χ2v) is 6.75. The zero-order valence-electron chi connectivity index (χ0n) is 17.0. The van der Waals surface area contributed by atoms with Crippen LogP contribution in [0.15, 0.2) is 24.3 Å². The van der Waals surface area contributed by atoms with Crippen molar-refractivity contribution in [2.75, 3.05) is 33.4 Å². The number of nitrogens with two attached hydrogens (primary N) is 1. The van der Waals surface area contributed by atoms with Gasteiger partial charge in [-0.1, -0.05) is 11.8 Å². The second kappa shape index (κ2) is 11.2. The molecule has 0 bridgehead atoms. The first-order chi connectivity index (χ1) is 13.9. The number of carbonyl (C=O) groups is 2. The standard InChI is InChI=1S/C22H27N3O4/c1-16(25-12-14-29-15-13-25)6-4-5-7-18-8-10-19(11-9-18)21(26)24-20(17(2)23)22(27)28-3/h8-11,16-17,20H,12-15,23H2,1-3H3,(H,24,26)/t16?,17-,20+/m1/s1. The molecule has 1 aliphatic heterocycles. The molecule has 1 aromatic rings. The molecule has 0 spiro atoms. The first-order valence-corrected chi connectivity index (χ1v) is 9.50. The number of methoxy groups -OCH3 is 1. The van der Waals surface area contributed by atoms with Crippen LogP contribution in [-0.4, -0.2) is 68.3 Å². The Morgan fingerprint density at radius 3 is 2.41 bits per heavy atom. The lowest BCUT2D eigenvalue weighted by Crippen LogP contribution is -2.51. The average Bonchev–Trinajstić information content (AvgIpc) is 2.75. The molecule has 1 heterocycles. The van der Waals surface area contributed by atoms with E-state index in [0.717, 1.165) is 31.9 Å². The van der Waals surface area contributed by atoms with Gasteiger partial charge in [-0.05, 0) is 50.0 Å². The third kappa shape index (κ3) is 6.92. The molecule has 3 atom stereocenters. The van der Waals surface area contributed by atoms with Gasteiger partial charge in [0.2, 0.25) is 0 Å². The van der Waals surface area contributed by atoms with Crippen LogP contribution in [0.5, 0.6) is 0 Å². The first-order valence-electron chi connectivity index (χ1n) is 9.50. The Hall–Kier alpha value is -2.84. The van der Waals surface area contributed by atoms with Crippen molar-refractivity contribution in [1.29, 1.82) is 0 Å². The van der Waals surface area contributed by atoms with E-state index in [2.05, 4.69) is 45.6 Å². The van der Waals surface area contributed by atoms with Crippen LogP contribution < -0.4 is 11.1 Å². The van der Waals surface area contributed by atoms with E-state index in [0.29, 0.717) is 5.56 Å². The molecule has 1 fully saturated rings. The zero-order chi connectivity index (χ0) is 21.2. The molecule has 0 saturated carbocycles. The smallest absolute Gasteiger partial charge is 0.329 e. The highest BCUT2D eigenvalue weighted by Crippen LogP contribution is 2.05. The number of benzene rings is 1. The molecule has 1 aromatic carbocycles. The predicted octanol–water partition coefficient (Wildman–Crippen LogP) is 0.381. The monoisotopic (exact) mass is 397 g/mol. The van der Waals surface area contributed by atoms with E-state index in [1.807, 2.05) is 0 Å². The van der Waals surface area contributed by atoms with E-state index < -0.39 is 24.0 Å². The van der Waals surface area contributed by atoms with Crippen LogP contribution in [0.1, 0.15) is 29.8 Å². The van der Waals surface area contributed by atoms with Crippen LogP contribution in [0, 0.1) is 23.7 Å². The lowest BCUT2D eigenvalue weighted by Gasteiger charge is -2.29. The highest BCUT2D eigenvalue weighted by atomic mass is 16.5. The Bertz CT molecular complexity index is 822. The highest BCUT2D eigenvalue weighted by Gasteiger charge is 2.25. The molecule has 154 valence electrons. The lowest BCUT2D eigenvalue weighted by atomic mass is 10.1. The van der Waals surface area contributed by atoms with Crippen LogP contribution in [-0.2, 0) is 14.3 Å². The average molecular weight is 397 g/mol. The summed E-state index contributed by atoms with van der Waals surface area (Å²) in [6.45, 7) is 6.92. The van der Waals surface area contributed by atoms with Crippen LogP contribution in [0.3, 0.4) is 0 Å². The minimum Gasteiger partial charge on any atom is -0.467 e. The number of ether oxygens (including phenoxy) is 2. The minimum absolute atomic E-state index is 0.131. The maximum absolute atomic E-state index is 12.3. The molecule has 1 saturated heterocycles. The molecule has 0 radical (unpaired) electrons. The summed E-state index contributed by atoms with van der Waals surface area (Å²) >= 11 is 0. The Morgan fingerprint density at radius 2 is 1.83 bits per heavy atom. The van der Waals surface area contributed by atoms with Crippen LogP contribution in [0.25, 0.3) is 0 Å². The number of nitrogens with zero attached hydrogens (tertiary/aromatic N) is 1. The van der Waals surface area contributed by atoms with Crippen molar-refractivity contribution in [2.24, 2.45) is 5.73 Å². The third-order valence-electron chi connectivity index (χ3n) is 4.56. The maximum Gasteiger partial charge on any atom is 0.329 e.